The Bertz CT molecular complexity index is 989. The van der Waals surface area contributed by atoms with Gasteiger partial charge in [-0.2, -0.15) is 18.3 Å². The van der Waals surface area contributed by atoms with Crippen LogP contribution in [0.25, 0.3) is 22.4 Å². The van der Waals surface area contributed by atoms with E-state index in [-0.39, 0.29) is 27.4 Å². The molecule has 3 rings (SSSR count). The molecule has 0 radical (unpaired) electrons. The van der Waals surface area contributed by atoms with E-state index in [0.717, 1.165) is 13.1 Å². The second kappa shape index (κ2) is 5.10. The first-order chi connectivity index (χ1) is 10.6. The Morgan fingerprint density at radius 2 is 2.09 bits per heavy atom. The van der Waals surface area contributed by atoms with Crippen molar-refractivity contribution in [1.29, 1.82) is 0 Å². The van der Waals surface area contributed by atoms with Crippen LogP contribution in [-0.2, 0) is 13.2 Å². The van der Waals surface area contributed by atoms with Crippen molar-refractivity contribution in [2.75, 3.05) is 0 Å². The van der Waals surface area contributed by atoms with Crippen LogP contribution in [0.3, 0.4) is 0 Å². The van der Waals surface area contributed by atoms with E-state index < -0.39 is 27.9 Å². The van der Waals surface area contributed by atoms with E-state index in [1.165, 1.54) is 0 Å². The Balaban J connectivity index is 2.41. The molecule has 0 bridgehead atoms. The minimum atomic E-state index is -4.70. The van der Waals surface area contributed by atoms with Crippen molar-refractivity contribution in [2.45, 2.75) is 6.18 Å². The number of hydrogen-bond donors (Lipinski definition) is 1. The molecule has 0 aliphatic rings. The fourth-order valence-corrected chi connectivity index (χ4v) is 3.23. The second-order valence-corrected chi connectivity index (χ2v) is 5.77. The third kappa shape index (κ3) is 2.45. The number of aryl methyl sites for hydroxylation is 1. The monoisotopic (exact) mass is 413 g/mol. The van der Waals surface area contributed by atoms with E-state index in [1.54, 1.807) is 0 Å². The number of hydrogen-bond acceptors (Lipinski definition) is 3. The maximum absolute atomic E-state index is 14.3. The van der Waals surface area contributed by atoms with E-state index >= 15 is 0 Å². The van der Waals surface area contributed by atoms with E-state index in [1.807, 2.05) is 0 Å². The second-order valence-electron chi connectivity index (χ2n) is 4.57. The Hall–Kier alpha value is -1.81. The van der Waals surface area contributed by atoms with Crippen LogP contribution in [0.4, 0.5) is 17.6 Å². The summed E-state index contributed by atoms with van der Waals surface area (Å²) in [6.45, 7) is 0. The van der Waals surface area contributed by atoms with E-state index in [2.05, 4.69) is 26.0 Å². The van der Waals surface area contributed by atoms with Crippen molar-refractivity contribution < 1.29 is 22.0 Å². The Morgan fingerprint density at radius 3 is 2.65 bits per heavy atom. The van der Waals surface area contributed by atoms with Gasteiger partial charge in [-0.1, -0.05) is 11.6 Å². The molecular weight excluding hydrogens is 410 g/mol. The van der Waals surface area contributed by atoms with Crippen molar-refractivity contribution in [2.24, 2.45) is 7.05 Å². The van der Waals surface area contributed by atoms with Gasteiger partial charge in [0.15, 0.2) is 11.3 Å². The molecule has 2 aromatic heterocycles. The van der Waals surface area contributed by atoms with Crippen LogP contribution in [0.1, 0.15) is 5.69 Å². The summed E-state index contributed by atoms with van der Waals surface area (Å²) in [6, 6.07) is 0.838. The zero-order valence-electron chi connectivity index (χ0n) is 11.1. The van der Waals surface area contributed by atoms with Gasteiger partial charge >= 0.3 is 11.9 Å². The van der Waals surface area contributed by atoms with Crippen molar-refractivity contribution in [3.8, 4) is 11.3 Å². The number of aromatic nitrogens is 3. The molecule has 0 atom stereocenters. The molecule has 0 unspecified atom stereocenters. The van der Waals surface area contributed by atoms with Crippen molar-refractivity contribution in [3.63, 3.8) is 0 Å². The molecule has 0 amide bonds. The van der Waals surface area contributed by atoms with E-state index in [4.69, 9.17) is 16.0 Å². The van der Waals surface area contributed by atoms with Gasteiger partial charge in [-0.15, -0.1) is 0 Å². The van der Waals surface area contributed by atoms with Crippen LogP contribution in [0.2, 0.25) is 5.02 Å². The first-order valence-electron chi connectivity index (χ1n) is 5.92. The van der Waals surface area contributed by atoms with Crippen LogP contribution in [0.5, 0.6) is 0 Å². The van der Waals surface area contributed by atoms with Gasteiger partial charge in [0.25, 0.3) is 0 Å². The number of H-pyrrole nitrogens is 1. The highest BCUT2D eigenvalue weighted by molar-refractivity contribution is 9.10. The summed E-state index contributed by atoms with van der Waals surface area (Å²) >= 11 is 8.57. The van der Waals surface area contributed by atoms with Gasteiger partial charge in [-0.25, -0.2) is 9.18 Å². The molecule has 0 saturated carbocycles. The van der Waals surface area contributed by atoms with E-state index in [9.17, 15) is 22.4 Å². The number of aromatic amines is 1. The predicted octanol–water partition coefficient (Wildman–Crippen LogP) is 4.10. The third-order valence-electron chi connectivity index (χ3n) is 3.10. The van der Waals surface area contributed by atoms with Crippen molar-refractivity contribution >= 4 is 38.6 Å². The molecule has 122 valence electrons. The normalized spacial score (nSPS) is 12.3. The topological polar surface area (TPSA) is 63.8 Å². The summed E-state index contributed by atoms with van der Waals surface area (Å²) in [4.78, 5) is 13.5. The highest BCUT2D eigenvalue weighted by atomic mass is 79.9. The lowest BCUT2D eigenvalue weighted by molar-refractivity contribution is -0.144. The number of nitrogens with zero attached hydrogens (tertiary/aromatic N) is 2. The largest absolute Gasteiger partial charge is 0.434 e. The van der Waals surface area contributed by atoms with Crippen LogP contribution in [-0.4, -0.2) is 14.8 Å². The minimum absolute atomic E-state index is 0.167. The van der Waals surface area contributed by atoms with Gasteiger partial charge in [0.2, 0.25) is 0 Å². The number of fused-ring (bicyclic) bond motifs is 1. The van der Waals surface area contributed by atoms with Crippen LogP contribution in [0.15, 0.2) is 19.8 Å². The molecule has 0 aliphatic heterocycles. The number of rotatable bonds is 1. The van der Waals surface area contributed by atoms with E-state index in [0.29, 0.717) is 4.68 Å². The number of nitrogens with one attached hydrogen (secondary N) is 1. The standard InChI is InChI=1S/C12H5BrClF4N3O2/c1-21-10(12(16,17)18)6(13)7(20-21)5-4(15)2-3(14)9-8(5)19-11(22)23-9/h2H,1H3,(H,19,22). The number of oxazole rings is 1. The fourth-order valence-electron chi connectivity index (χ4n) is 2.24. The van der Waals surface area contributed by atoms with Gasteiger partial charge < -0.3 is 4.42 Å². The zero-order valence-corrected chi connectivity index (χ0v) is 13.4. The van der Waals surface area contributed by atoms with Gasteiger partial charge in [0, 0.05) is 7.05 Å². The first-order valence-corrected chi connectivity index (χ1v) is 7.09. The molecule has 11 heteroatoms. The fraction of sp³-hybridized carbons (Fsp3) is 0.167. The molecule has 1 N–H and O–H groups in total. The molecule has 2 heterocycles. The summed E-state index contributed by atoms with van der Waals surface area (Å²) < 4.78 is 58.3. The summed E-state index contributed by atoms with van der Waals surface area (Å²) in [7, 11) is 1.07. The molecule has 5 nitrogen and oxygen atoms in total. The smallest absolute Gasteiger partial charge is 0.406 e. The highest BCUT2D eigenvalue weighted by Gasteiger charge is 2.39. The summed E-state index contributed by atoms with van der Waals surface area (Å²) in [5, 5.41) is 3.51. The summed E-state index contributed by atoms with van der Waals surface area (Å²) in [5.74, 6) is -1.87. The van der Waals surface area contributed by atoms with Crippen LogP contribution < -0.4 is 5.76 Å². The Kier molecular flexibility index (Phi) is 3.56. The molecule has 0 aliphatic carbocycles. The Morgan fingerprint density at radius 1 is 1.43 bits per heavy atom. The molecule has 3 aromatic rings. The molecule has 23 heavy (non-hydrogen) atoms. The maximum Gasteiger partial charge on any atom is 0.434 e. The SMILES string of the molecule is Cn1nc(-c2c(F)cc(Cl)c3oc(=O)[nH]c23)c(Br)c1C(F)(F)F. The number of benzene rings is 1. The van der Waals surface area contributed by atoms with Gasteiger partial charge in [-0.3, -0.25) is 9.67 Å². The average molecular weight is 415 g/mol. The molecule has 1 aromatic carbocycles. The number of alkyl halides is 3. The first kappa shape index (κ1) is 16.1. The summed E-state index contributed by atoms with van der Waals surface area (Å²) in [6.07, 6.45) is -4.70. The van der Waals surface area contributed by atoms with Gasteiger partial charge in [0.05, 0.1) is 15.1 Å². The van der Waals surface area contributed by atoms with Crippen molar-refractivity contribution in [3.05, 3.63) is 37.6 Å². The summed E-state index contributed by atoms with van der Waals surface area (Å²) in [5.41, 5.74) is -2.13. The molecule has 0 spiro atoms. The molecular formula is C12H5BrClF4N3O2. The third-order valence-corrected chi connectivity index (χ3v) is 4.13. The van der Waals surface area contributed by atoms with Gasteiger partial charge in [0.1, 0.15) is 17.0 Å². The van der Waals surface area contributed by atoms with Gasteiger partial charge in [-0.05, 0) is 22.0 Å². The number of halogens is 6. The predicted molar refractivity (Wildman–Crippen MR) is 76.7 cm³/mol. The maximum atomic E-state index is 14.3. The lowest BCUT2D eigenvalue weighted by Gasteiger charge is -2.06. The van der Waals surface area contributed by atoms with Crippen molar-refractivity contribution in [1.82, 2.24) is 14.8 Å². The zero-order chi connectivity index (χ0) is 17.1. The van der Waals surface area contributed by atoms with Crippen LogP contribution in [0, 0.1) is 5.82 Å². The minimum Gasteiger partial charge on any atom is -0.406 e. The lowest BCUT2D eigenvalue weighted by Crippen LogP contribution is -2.12. The molecule has 0 fully saturated rings. The Labute approximate surface area is 138 Å². The van der Waals surface area contributed by atoms with Crippen LogP contribution >= 0.6 is 27.5 Å². The molecule has 0 saturated heterocycles. The lowest BCUT2D eigenvalue weighted by atomic mass is 10.1. The highest BCUT2D eigenvalue weighted by Crippen LogP contribution is 2.42. The quantitative estimate of drug-likeness (QED) is 0.610. The average Bonchev–Trinajstić information content (AvgIpc) is 2.90.